The molecule has 27 heavy (non-hydrogen) atoms. The van der Waals surface area contributed by atoms with E-state index in [-0.39, 0.29) is 17.4 Å². The number of aryl methyl sites for hydroxylation is 2. The molecule has 0 unspecified atom stereocenters. The standard InChI is InChI=1S/C19H19ClN6O/c1-11-3-6-13(7-4-11)19(27)26-25-18-16(21)17(22-10-23-18)24-14-8-5-12(2)15(20)9-14/h3-10H,21H2,1-2H3,(H,26,27)(H2,22,23,24,25). The lowest BCUT2D eigenvalue weighted by Gasteiger charge is -2.13. The number of carbonyl (C=O) groups excluding carboxylic acids is 1. The number of anilines is 4. The molecular weight excluding hydrogens is 364 g/mol. The lowest BCUT2D eigenvalue weighted by atomic mass is 10.1. The van der Waals surface area contributed by atoms with Gasteiger partial charge in [0.25, 0.3) is 5.91 Å². The zero-order valence-electron chi connectivity index (χ0n) is 14.9. The van der Waals surface area contributed by atoms with Gasteiger partial charge in [0.05, 0.1) is 0 Å². The van der Waals surface area contributed by atoms with E-state index in [4.69, 9.17) is 17.3 Å². The van der Waals surface area contributed by atoms with Crippen LogP contribution in [0.4, 0.5) is 23.0 Å². The Morgan fingerprint density at radius 3 is 2.44 bits per heavy atom. The number of nitrogens with two attached hydrogens (primary N) is 1. The van der Waals surface area contributed by atoms with Crippen LogP contribution in [0, 0.1) is 13.8 Å². The molecule has 0 aliphatic heterocycles. The number of benzene rings is 2. The van der Waals surface area contributed by atoms with Crippen molar-refractivity contribution in [3.63, 3.8) is 0 Å². The van der Waals surface area contributed by atoms with Gasteiger partial charge in [-0.3, -0.25) is 15.6 Å². The van der Waals surface area contributed by atoms with E-state index in [1.165, 1.54) is 6.33 Å². The van der Waals surface area contributed by atoms with Gasteiger partial charge in [-0.2, -0.15) is 0 Å². The monoisotopic (exact) mass is 382 g/mol. The van der Waals surface area contributed by atoms with Crippen molar-refractivity contribution in [1.29, 1.82) is 0 Å². The van der Waals surface area contributed by atoms with Crippen molar-refractivity contribution in [2.75, 3.05) is 16.5 Å². The molecule has 3 rings (SSSR count). The number of hydrogen-bond acceptors (Lipinski definition) is 6. The highest BCUT2D eigenvalue weighted by atomic mass is 35.5. The average Bonchev–Trinajstić information content (AvgIpc) is 2.66. The molecule has 138 valence electrons. The first-order chi connectivity index (χ1) is 12.9. The first-order valence-electron chi connectivity index (χ1n) is 8.20. The summed E-state index contributed by atoms with van der Waals surface area (Å²) in [6, 6.07) is 12.8. The molecule has 0 aliphatic rings. The van der Waals surface area contributed by atoms with Crippen LogP contribution in [0.1, 0.15) is 21.5 Å². The predicted octanol–water partition coefficient (Wildman–Crippen LogP) is 3.83. The Morgan fingerprint density at radius 2 is 1.74 bits per heavy atom. The lowest BCUT2D eigenvalue weighted by Crippen LogP contribution is -2.30. The fourth-order valence-electron chi connectivity index (χ4n) is 2.30. The van der Waals surface area contributed by atoms with E-state index in [1.54, 1.807) is 18.2 Å². The minimum Gasteiger partial charge on any atom is -0.393 e. The van der Waals surface area contributed by atoms with E-state index in [0.717, 1.165) is 16.8 Å². The topological polar surface area (TPSA) is 105 Å². The van der Waals surface area contributed by atoms with E-state index in [0.29, 0.717) is 16.4 Å². The molecule has 2 aromatic carbocycles. The molecule has 0 fully saturated rings. The Hall–Kier alpha value is -3.32. The summed E-state index contributed by atoms with van der Waals surface area (Å²) in [5.74, 6) is 0.385. The average molecular weight is 383 g/mol. The molecule has 7 nitrogen and oxygen atoms in total. The van der Waals surface area contributed by atoms with Gasteiger partial charge in [-0.05, 0) is 43.7 Å². The zero-order valence-corrected chi connectivity index (χ0v) is 15.6. The van der Waals surface area contributed by atoms with Crippen molar-refractivity contribution < 1.29 is 4.79 Å². The van der Waals surface area contributed by atoms with Gasteiger partial charge in [-0.15, -0.1) is 0 Å². The molecule has 0 saturated carbocycles. The Morgan fingerprint density at radius 1 is 1.04 bits per heavy atom. The quantitative estimate of drug-likeness (QED) is 0.500. The van der Waals surface area contributed by atoms with Crippen LogP contribution in [-0.2, 0) is 0 Å². The Bertz CT molecular complexity index is 974. The van der Waals surface area contributed by atoms with Gasteiger partial charge >= 0.3 is 0 Å². The Kier molecular flexibility index (Phi) is 5.42. The molecule has 0 aliphatic carbocycles. The summed E-state index contributed by atoms with van der Waals surface area (Å²) < 4.78 is 0. The van der Waals surface area contributed by atoms with Crippen LogP contribution in [0.5, 0.6) is 0 Å². The normalized spacial score (nSPS) is 10.3. The fourth-order valence-corrected chi connectivity index (χ4v) is 2.48. The van der Waals surface area contributed by atoms with Gasteiger partial charge in [0.15, 0.2) is 11.6 Å². The number of aromatic nitrogens is 2. The second kappa shape index (κ2) is 7.92. The summed E-state index contributed by atoms with van der Waals surface area (Å²) in [7, 11) is 0. The van der Waals surface area contributed by atoms with Crippen molar-refractivity contribution in [3.8, 4) is 0 Å². The maximum Gasteiger partial charge on any atom is 0.269 e. The number of nitrogens with one attached hydrogen (secondary N) is 3. The van der Waals surface area contributed by atoms with Crippen LogP contribution in [0.15, 0.2) is 48.8 Å². The molecule has 1 aromatic heterocycles. The Labute approximate surface area is 162 Å². The van der Waals surface area contributed by atoms with Crippen LogP contribution in [0.3, 0.4) is 0 Å². The van der Waals surface area contributed by atoms with Crippen LogP contribution in [0.2, 0.25) is 5.02 Å². The molecule has 0 bridgehead atoms. The molecule has 8 heteroatoms. The van der Waals surface area contributed by atoms with E-state index < -0.39 is 0 Å². The van der Waals surface area contributed by atoms with Gasteiger partial charge in [-0.1, -0.05) is 35.4 Å². The number of amides is 1. The van der Waals surface area contributed by atoms with Crippen molar-refractivity contribution in [2.45, 2.75) is 13.8 Å². The third kappa shape index (κ3) is 4.45. The minimum absolute atomic E-state index is 0.262. The van der Waals surface area contributed by atoms with E-state index in [2.05, 4.69) is 26.1 Å². The third-order valence-corrected chi connectivity index (χ3v) is 4.33. The molecule has 0 radical (unpaired) electrons. The number of hydrogen-bond donors (Lipinski definition) is 4. The highest BCUT2D eigenvalue weighted by molar-refractivity contribution is 6.31. The summed E-state index contributed by atoms with van der Waals surface area (Å²) in [5, 5.41) is 3.73. The predicted molar refractivity (Wildman–Crippen MR) is 108 cm³/mol. The zero-order chi connectivity index (χ0) is 19.4. The molecule has 1 amide bonds. The van der Waals surface area contributed by atoms with E-state index in [1.807, 2.05) is 38.1 Å². The van der Waals surface area contributed by atoms with Crippen LogP contribution >= 0.6 is 11.6 Å². The largest absolute Gasteiger partial charge is 0.393 e. The van der Waals surface area contributed by atoms with Gasteiger partial charge < -0.3 is 11.1 Å². The second-order valence-corrected chi connectivity index (χ2v) is 6.43. The molecule has 1 heterocycles. The number of rotatable bonds is 5. The lowest BCUT2D eigenvalue weighted by molar-refractivity contribution is 0.0962. The minimum atomic E-state index is -0.298. The number of nitrogen functional groups attached to an aromatic ring is 1. The van der Waals surface area contributed by atoms with Gasteiger partial charge in [0, 0.05) is 16.3 Å². The first-order valence-corrected chi connectivity index (χ1v) is 8.58. The molecule has 3 aromatic rings. The van der Waals surface area contributed by atoms with Crippen molar-refractivity contribution in [2.24, 2.45) is 0 Å². The van der Waals surface area contributed by atoms with Crippen LogP contribution in [0.25, 0.3) is 0 Å². The number of carbonyl (C=O) groups is 1. The molecule has 0 saturated heterocycles. The fraction of sp³-hybridized carbons (Fsp3) is 0.105. The second-order valence-electron chi connectivity index (χ2n) is 6.02. The van der Waals surface area contributed by atoms with Crippen molar-refractivity contribution in [3.05, 3.63) is 70.5 Å². The molecule has 0 spiro atoms. The van der Waals surface area contributed by atoms with Gasteiger partial charge in [0.1, 0.15) is 12.0 Å². The number of nitrogens with zero attached hydrogens (tertiary/aromatic N) is 2. The number of halogens is 1. The summed E-state index contributed by atoms with van der Waals surface area (Å²) in [4.78, 5) is 20.4. The molecule has 0 atom stereocenters. The maximum atomic E-state index is 12.2. The van der Waals surface area contributed by atoms with E-state index >= 15 is 0 Å². The van der Waals surface area contributed by atoms with Crippen LogP contribution < -0.4 is 21.9 Å². The Balaban J connectivity index is 1.71. The van der Waals surface area contributed by atoms with Gasteiger partial charge in [0.2, 0.25) is 0 Å². The summed E-state index contributed by atoms with van der Waals surface area (Å²) in [5.41, 5.74) is 15.0. The highest BCUT2D eigenvalue weighted by Gasteiger charge is 2.11. The van der Waals surface area contributed by atoms with Crippen molar-refractivity contribution in [1.82, 2.24) is 15.4 Å². The highest BCUT2D eigenvalue weighted by Crippen LogP contribution is 2.27. The van der Waals surface area contributed by atoms with Gasteiger partial charge in [-0.25, -0.2) is 9.97 Å². The van der Waals surface area contributed by atoms with Crippen molar-refractivity contribution >= 4 is 40.5 Å². The third-order valence-electron chi connectivity index (χ3n) is 3.93. The maximum absolute atomic E-state index is 12.2. The smallest absolute Gasteiger partial charge is 0.269 e. The SMILES string of the molecule is Cc1ccc(C(=O)NNc2ncnc(Nc3ccc(C)c(Cl)c3)c2N)cc1. The summed E-state index contributed by atoms with van der Waals surface area (Å²) >= 11 is 6.14. The first kappa shape index (κ1) is 18.5. The molecule has 5 N–H and O–H groups in total. The van der Waals surface area contributed by atoms with Crippen LogP contribution in [-0.4, -0.2) is 15.9 Å². The van der Waals surface area contributed by atoms with E-state index in [9.17, 15) is 4.79 Å². The summed E-state index contributed by atoms with van der Waals surface area (Å²) in [6.07, 6.45) is 1.34. The number of hydrazine groups is 1. The molecular formula is C19H19ClN6O. The summed E-state index contributed by atoms with van der Waals surface area (Å²) in [6.45, 7) is 3.88.